The van der Waals surface area contributed by atoms with E-state index in [0.29, 0.717) is 23.2 Å². The molecule has 4 rings (SSSR count). The Bertz CT molecular complexity index is 681. The zero-order valence-corrected chi connectivity index (χ0v) is 22.5. The molecule has 9 atom stereocenters. The number of hydrogen-bond acceptors (Lipinski definition) is 4. The standard InChI is InChI=1S/C29H52N2O2/c1-20(7-12-27(32)33-6)24-10-11-25-23-9-8-21-19-22(30-17-18-31(4)5)13-15-28(21,2)26(23)14-16-29(24,25)3/h20-26,30H,7-19H2,1-6H3/t20-,21?,22-,23?,24-,25?,26?,28+,29-/m1/s1. The van der Waals surface area contributed by atoms with Gasteiger partial charge in [-0.3, -0.25) is 4.79 Å². The second-order valence-electron chi connectivity index (χ2n) is 13.2. The van der Waals surface area contributed by atoms with E-state index in [1.165, 1.54) is 64.9 Å². The summed E-state index contributed by atoms with van der Waals surface area (Å²) in [4.78, 5) is 14.0. The molecular formula is C29H52N2O2. The van der Waals surface area contributed by atoms with Gasteiger partial charge in [0.25, 0.3) is 0 Å². The van der Waals surface area contributed by atoms with Crippen LogP contribution < -0.4 is 5.32 Å². The fourth-order valence-corrected chi connectivity index (χ4v) is 9.56. The van der Waals surface area contributed by atoms with Crippen molar-refractivity contribution in [3.63, 3.8) is 0 Å². The lowest BCUT2D eigenvalue weighted by molar-refractivity contribution is -0.141. The molecule has 4 fully saturated rings. The molecule has 1 N–H and O–H groups in total. The van der Waals surface area contributed by atoms with Crippen LogP contribution in [0.4, 0.5) is 0 Å². The van der Waals surface area contributed by atoms with E-state index in [-0.39, 0.29) is 5.97 Å². The van der Waals surface area contributed by atoms with Gasteiger partial charge in [0.15, 0.2) is 0 Å². The van der Waals surface area contributed by atoms with E-state index >= 15 is 0 Å². The molecule has 4 saturated carbocycles. The molecule has 0 aromatic rings. The van der Waals surface area contributed by atoms with Crippen molar-refractivity contribution in [1.29, 1.82) is 0 Å². The highest BCUT2D eigenvalue weighted by Crippen LogP contribution is 2.68. The number of fused-ring (bicyclic) bond motifs is 5. The smallest absolute Gasteiger partial charge is 0.305 e. The first-order valence-corrected chi connectivity index (χ1v) is 14.1. The summed E-state index contributed by atoms with van der Waals surface area (Å²) in [6, 6.07) is 0.736. The highest BCUT2D eigenvalue weighted by molar-refractivity contribution is 5.69. The largest absolute Gasteiger partial charge is 0.469 e. The number of methoxy groups -OCH3 is 1. The maximum Gasteiger partial charge on any atom is 0.305 e. The monoisotopic (exact) mass is 460 g/mol. The summed E-state index contributed by atoms with van der Waals surface area (Å²) in [6.45, 7) is 10.0. The number of nitrogens with one attached hydrogen (secondary N) is 1. The molecule has 0 aromatic carbocycles. The molecule has 0 aromatic heterocycles. The van der Waals surface area contributed by atoms with Gasteiger partial charge in [0.05, 0.1) is 7.11 Å². The fourth-order valence-electron chi connectivity index (χ4n) is 9.56. The number of carbonyl (C=O) groups is 1. The molecule has 4 aliphatic rings. The van der Waals surface area contributed by atoms with Crippen molar-refractivity contribution in [2.24, 2.45) is 46.3 Å². The average Bonchev–Trinajstić information content (AvgIpc) is 3.14. The van der Waals surface area contributed by atoms with Crippen LogP contribution in [0.1, 0.15) is 91.4 Å². The molecule has 0 spiro atoms. The van der Waals surface area contributed by atoms with Gasteiger partial charge in [-0.05, 0) is 125 Å². The lowest BCUT2D eigenvalue weighted by atomic mass is 9.44. The Kier molecular flexibility index (Phi) is 7.85. The predicted molar refractivity (Wildman–Crippen MR) is 136 cm³/mol. The highest BCUT2D eigenvalue weighted by atomic mass is 16.5. The molecular weight excluding hydrogens is 408 g/mol. The number of hydrogen-bond donors (Lipinski definition) is 1. The van der Waals surface area contributed by atoms with Crippen LogP contribution in [0.2, 0.25) is 0 Å². The predicted octanol–water partition coefficient (Wildman–Crippen LogP) is 5.75. The Labute approximate surface area is 204 Å². The second kappa shape index (κ2) is 10.2. The number of esters is 1. The summed E-state index contributed by atoms with van der Waals surface area (Å²) in [7, 11) is 5.86. The zero-order chi connectivity index (χ0) is 23.8. The van der Waals surface area contributed by atoms with Gasteiger partial charge in [-0.25, -0.2) is 0 Å². The number of likely N-dealkylation sites (N-methyl/N-ethyl adjacent to an activating group) is 1. The quantitative estimate of drug-likeness (QED) is 0.468. The minimum Gasteiger partial charge on any atom is -0.469 e. The number of carbonyl (C=O) groups excluding carboxylic acids is 1. The molecule has 4 aliphatic carbocycles. The summed E-state index contributed by atoms with van der Waals surface area (Å²) in [5.41, 5.74) is 1.06. The Balaban J connectivity index is 1.39. The SMILES string of the molecule is COC(=O)CC[C@@H](C)[C@H]1CCC2C3CCC4C[C@H](NCCN(C)C)CC[C@]4(C)C3CC[C@@]21C. The molecule has 4 heteroatoms. The van der Waals surface area contributed by atoms with Crippen molar-refractivity contribution in [2.75, 3.05) is 34.3 Å². The van der Waals surface area contributed by atoms with Gasteiger partial charge in [0.2, 0.25) is 0 Å². The van der Waals surface area contributed by atoms with Crippen LogP contribution in [0, 0.1) is 46.3 Å². The first kappa shape index (κ1) is 25.5. The van der Waals surface area contributed by atoms with Crippen molar-refractivity contribution < 1.29 is 9.53 Å². The summed E-state index contributed by atoms with van der Waals surface area (Å²) >= 11 is 0. The lowest BCUT2D eigenvalue weighted by Crippen LogP contribution is -2.55. The van der Waals surface area contributed by atoms with Gasteiger partial charge in [-0.1, -0.05) is 20.8 Å². The summed E-state index contributed by atoms with van der Waals surface area (Å²) in [5.74, 6) is 5.10. The van der Waals surface area contributed by atoms with E-state index < -0.39 is 0 Å². The van der Waals surface area contributed by atoms with Crippen molar-refractivity contribution in [3.05, 3.63) is 0 Å². The van der Waals surface area contributed by atoms with Gasteiger partial charge >= 0.3 is 5.97 Å². The first-order valence-electron chi connectivity index (χ1n) is 14.1. The first-order chi connectivity index (χ1) is 15.7. The van der Waals surface area contributed by atoms with Gasteiger partial charge in [-0.15, -0.1) is 0 Å². The number of nitrogens with zero attached hydrogens (tertiary/aromatic N) is 1. The van der Waals surface area contributed by atoms with Crippen molar-refractivity contribution in [2.45, 2.75) is 97.4 Å². The molecule has 190 valence electrons. The summed E-state index contributed by atoms with van der Waals surface area (Å²) < 4.78 is 4.92. The van der Waals surface area contributed by atoms with E-state index in [9.17, 15) is 4.79 Å². The van der Waals surface area contributed by atoms with Gasteiger partial charge in [0, 0.05) is 25.6 Å². The van der Waals surface area contributed by atoms with Crippen LogP contribution in [0.5, 0.6) is 0 Å². The van der Waals surface area contributed by atoms with Crippen LogP contribution in [0.15, 0.2) is 0 Å². The van der Waals surface area contributed by atoms with E-state index in [2.05, 4.69) is 45.1 Å². The summed E-state index contributed by atoms with van der Waals surface area (Å²) in [5, 5.41) is 3.89. The Morgan fingerprint density at radius 1 is 1.03 bits per heavy atom. The van der Waals surface area contributed by atoms with Gasteiger partial charge < -0.3 is 15.0 Å². The van der Waals surface area contributed by atoms with E-state index in [1.807, 2.05) is 0 Å². The minimum atomic E-state index is -0.0386. The third-order valence-corrected chi connectivity index (χ3v) is 11.4. The molecule has 0 saturated heterocycles. The molecule has 0 amide bonds. The van der Waals surface area contributed by atoms with E-state index in [0.717, 1.165) is 55.1 Å². The normalized spacial score (nSPS) is 43.5. The molecule has 0 heterocycles. The number of rotatable bonds is 8. The van der Waals surface area contributed by atoms with Crippen molar-refractivity contribution in [3.8, 4) is 0 Å². The Hall–Kier alpha value is -0.610. The van der Waals surface area contributed by atoms with Crippen molar-refractivity contribution >= 4 is 5.97 Å². The molecule has 0 bridgehead atoms. The maximum atomic E-state index is 11.7. The highest BCUT2D eigenvalue weighted by Gasteiger charge is 2.60. The molecule has 4 unspecified atom stereocenters. The number of ether oxygens (including phenoxy) is 1. The van der Waals surface area contributed by atoms with Crippen LogP contribution in [0.25, 0.3) is 0 Å². The summed E-state index contributed by atoms with van der Waals surface area (Å²) in [6.07, 6.45) is 14.4. The Morgan fingerprint density at radius 3 is 2.48 bits per heavy atom. The van der Waals surface area contributed by atoms with Crippen LogP contribution >= 0.6 is 0 Å². The van der Waals surface area contributed by atoms with Gasteiger partial charge in [-0.2, -0.15) is 0 Å². The van der Waals surface area contributed by atoms with Gasteiger partial charge in [0.1, 0.15) is 0 Å². The maximum absolute atomic E-state index is 11.7. The lowest BCUT2D eigenvalue weighted by Gasteiger charge is -2.61. The molecule has 4 nitrogen and oxygen atoms in total. The fraction of sp³-hybridized carbons (Fsp3) is 0.966. The van der Waals surface area contributed by atoms with Crippen LogP contribution in [-0.2, 0) is 9.53 Å². The Morgan fingerprint density at radius 2 is 1.76 bits per heavy atom. The van der Waals surface area contributed by atoms with Crippen LogP contribution in [-0.4, -0.2) is 51.2 Å². The van der Waals surface area contributed by atoms with E-state index in [4.69, 9.17) is 4.74 Å². The minimum absolute atomic E-state index is 0.0386. The average molecular weight is 461 g/mol. The van der Waals surface area contributed by atoms with E-state index in [1.54, 1.807) is 0 Å². The molecule has 33 heavy (non-hydrogen) atoms. The van der Waals surface area contributed by atoms with Crippen molar-refractivity contribution in [1.82, 2.24) is 10.2 Å². The molecule has 0 radical (unpaired) electrons. The van der Waals surface area contributed by atoms with Crippen LogP contribution in [0.3, 0.4) is 0 Å². The third-order valence-electron chi connectivity index (χ3n) is 11.4. The second-order valence-corrected chi connectivity index (χ2v) is 13.2. The zero-order valence-electron chi connectivity index (χ0n) is 22.5. The topological polar surface area (TPSA) is 41.6 Å². The molecule has 0 aliphatic heterocycles. The third kappa shape index (κ3) is 4.90.